The molecule has 1 aromatic heterocycles. The Bertz CT molecular complexity index is 2710. The highest BCUT2D eigenvalue weighted by Gasteiger charge is 2.57. The first-order valence-electron chi connectivity index (χ1n) is 25.3. The third kappa shape index (κ3) is 20.0. The highest BCUT2D eigenvalue weighted by Crippen LogP contribution is 2.36. The van der Waals surface area contributed by atoms with E-state index < -0.39 is 121 Å². The lowest BCUT2D eigenvalue weighted by Gasteiger charge is -2.48. The molecular weight excluding hydrogens is 1080 g/mol. The van der Waals surface area contributed by atoms with Gasteiger partial charge in [-0.05, 0) is 54.8 Å². The number of nitrogens with zero attached hydrogens (tertiary/aromatic N) is 4. The second kappa shape index (κ2) is 30.6. The van der Waals surface area contributed by atoms with Crippen LogP contribution in [-0.2, 0) is 115 Å². The number of ketones is 1. The monoisotopic (exact) mass is 1140 g/mol. The van der Waals surface area contributed by atoms with Crippen LogP contribution in [0, 0.1) is 24.0 Å². The van der Waals surface area contributed by atoms with Gasteiger partial charge in [0.15, 0.2) is 48.9 Å². The zero-order valence-electron chi connectivity index (χ0n) is 46.0. The number of carbonyl (C=O) groups is 9. The molecule has 0 saturated carbocycles. The number of Topliss-reactive ketones (excluding diaryl/α,β-unsaturated/α-hetero) is 1. The minimum atomic E-state index is -1.87. The Morgan fingerprint density at radius 3 is 1.72 bits per heavy atom. The number of ether oxygens (including phenoxy) is 13. The van der Waals surface area contributed by atoms with Crippen molar-refractivity contribution in [2.24, 2.45) is 0 Å². The minimum absolute atomic E-state index is 0.0286. The summed E-state index contributed by atoms with van der Waals surface area (Å²) in [6, 6.07) is 9.38. The molecule has 0 aliphatic carbocycles. The summed E-state index contributed by atoms with van der Waals surface area (Å²) >= 11 is 0. The highest BCUT2D eigenvalue weighted by atomic mass is 16.8. The van der Waals surface area contributed by atoms with E-state index in [0.717, 1.165) is 54.0 Å². The topological polar surface area (TPSA) is 359 Å². The molecule has 2 unspecified atom stereocenters. The molecule has 2 fully saturated rings. The van der Waals surface area contributed by atoms with Crippen molar-refractivity contribution in [2.75, 3.05) is 33.0 Å². The van der Waals surface area contributed by atoms with Crippen LogP contribution in [0.1, 0.15) is 94.1 Å². The first-order valence-corrected chi connectivity index (χ1v) is 25.3. The summed E-state index contributed by atoms with van der Waals surface area (Å²) in [6.07, 6.45) is -15.0. The third-order valence-corrected chi connectivity index (χ3v) is 11.8. The maximum Gasteiger partial charge on any atom is 0.303 e. The van der Waals surface area contributed by atoms with E-state index >= 15 is 0 Å². The maximum atomic E-state index is 13.0. The van der Waals surface area contributed by atoms with Gasteiger partial charge in [-0.25, -0.2) is 4.68 Å². The number of nitro benzene ring substituents is 1. The van der Waals surface area contributed by atoms with E-state index in [0.29, 0.717) is 22.4 Å². The molecule has 29 heteroatoms. The van der Waals surface area contributed by atoms with Gasteiger partial charge in [-0.2, -0.15) is 0 Å². The average Bonchev–Trinajstić information content (AvgIpc) is 3.96. The standard InChI is InChI=1S/C52H65N5O24/c1-27-20-37(21-28(2)44(27)72-23-36-10-12-39(13-11-36)57(67)68)40(65)14-15-43(66)53-16-18-69-19-17-56-22-38(54-55-56)24-73-51-49(77-34(8)63)48(76-33(7)62)46(42(79-51)26-71-30(4)59)81-52-50(78-35(9)64)47(75-32(6)61)45(74-31(5)60)41(80-52)25-70-29(3)58/h10-13,20-22,41-42,45-52H,14-19,23-26H2,1-9H3,(H,53,66)/t41-,42-,45-,46-,47+,48+,49-,50-,51?,52?/m1/s1. The van der Waals surface area contributed by atoms with E-state index in [2.05, 4.69) is 15.6 Å². The van der Waals surface area contributed by atoms with E-state index in [1.165, 1.54) is 23.0 Å². The minimum Gasteiger partial charge on any atom is -0.488 e. The van der Waals surface area contributed by atoms with Crippen LogP contribution >= 0.6 is 0 Å². The Morgan fingerprint density at radius 2 is 1.16 bits per heavy atom. The van der Waals surface area contributed by atoms with Crippen LogP contribution in [-0.4, -0.2) is 168 Å². The number of nitro groups is 1. The van der Waals surface area contributed by atoms with Gasteiger partial charge in [0.05, 0.1) is 37.5 Å². The van der Waals surface area contributed by atoms with Crippen molar-refractivity contribution < 1.29 is 110 Å². The number of non-ortho nitro benzene ring substituents is 1. The molecule has 3 heterocycles. The lowest BCUT2D eigenvalue weighted by molar-refractivity contribution is -0.384. The van der Waals surface area contributed by atoms with Gasteiger partial charge in [0.25, 0.3) is 5.69 Å². The number of hydrogen-bond donors (Lipinski definition) is 1. The fourth-order valence-corrected chi connectivity index (χ4v) is 8.48. The molecule has 0 spiro atoms. The van der Waals surface area contributed by atoms with Crippen molar-refractivity contribution >= 4 is 59.2 Å². The smallest absolute Gasteiger partial charge is 0.303 e. The Hall–Kier alpha value is -7.99. The molecule has 2 aliphatic rings. The fraction of sp³-hybridized carbons (Fsp3) is 0.558. The third-order valence-electron chi connectivity index (χ3n) is 11.8. The van der Waals surface area contributed by atoms with Crippen molar-refractivity contribution in [1.29, 1.82) is 0 Å². The fourth-order valence-electron chi connectivity index (χ4n) is 8.48. The van der Waals surface area contributed by atoms with E-state index in [-0.39, 0.29) is 75.4 Å². The number of hydrogen-bond acceptors (Lipinski definition) is 26. The summed E-state index contributed by atoms with van der Waals surface area (Å²) in [5, 5.41) is 21.8. The molecule has 1 N–H and O–H groups in total. The maximum absolute atomic E-state index is 13.0. The summed E-state index contributed by atoms with van der Waals surface area (Å²) in [5.74, 6) is -6.20. The number of benzene rings is 2. The van der Waals surface area contributed by atoms with Gasteiger partial charge in [0.2, 0.25) is 5.91 Å². The molecule has 0 radical (unpaired) electrons. The first-order chi connectivity index (χ1) is 38.4. The Morgan fingerprint density at radius 1 is 0.642 bits per heavy atom. The molecule has 2 saturated heterocycles. The van der Waals surface area contributed by atoms with E-state index in [4.69, 9.17) is 61.6 Å². The number of esters is 7. The molecule has 5 rings (SSSR count). The Kier molecular flexibility index (Phi) is 24.1. The van der Waals surface area contributed by atoms with Gasteiger partial charge in [-0.3, -0.25) is 53.3 Å². The average molecular weight is 1140 g/mol. The van der Waals surface area contributed by atoms with Crippen LogP contribution in [0.2, 0.25) is 0 Å². The largest absolute Gasteiger partial charge is 0.488 e. The molecule has 1 amide bonds. The second-order valence-corrected chi connectivity index (χ2v) is 18.5. The second-order valence-electron chi connectivity index (χ2n) is 18.5. The van der Waals surface area contributed by atoms with Crippen molar-refractivity contribution in [1.82, 2.24) is 20.3 Å². The zero-order valence-corrected chi connectivity index (χ0v) is 46.0. The van der Waals surface area contributed by atoms with Crippen molar-refractivity contribution in [3.8, 4) is 5.75 Å². The van der Waals surface area contributed by atoms with Gasteiger partial charge in [-0.1, -0.05) is 5.21 Å². The molecule has 2 aliphatic heterocycles. The molecule has 81 heavy (non-hydrogen) atoms. The molecular formula is C52H65N5O24. The summed E-state index contributed by atoms with van der Waals surface area (Å²) in [6.45, 7) is 10.1. The number of nitrogens with one attached hydrogen (secondary N) is 1. The molecule has 442 valence electrons. The summed E-state index contributed by atoms with van der Waals surface area (Å²) in [4.78, 5) is 123. The summed E-state index contributed by atoms with van der Waals surface area (Å²) in [7, 11) is 0. The van der Waals surface area contributed by atoms with Crippen LogP contribution in [0.5, 0.6) is 5.75 Å². The lowest BCUT2D eigenvalue weighted by atomic mass is 9.96. The van der Waals surface area contributed by atoms with Gasteiger partial charge in [0, 0.05) is 85.5 Å². The predicted octanol–water partition coefficient (Wildman–Crippen LogP) is 2.31. The Balaban J connectivity index is 1.18. The summed E-state index contributed by atoms with van der Waals surface area (Å²) in [5.41, 5.74) is 2.79. The SMILES string of the molecule is CC(=O)OC[C@H]1OC(O[C@H]2[C@H](OC(C)=O)[C@@H](OC(C)=O)C(OCc3cn(CCOCCNC(=O)CCC(=O)c4cc(C)c(OCc5ccc([N+](=O)[O-])cc5)c(C)c4)nn3)O[C@@H]2COC(C)=O)[C@H](OC(C)=O)[C@@H](OC(C)=O)[C@@H]1OC(C)=O. The number of amides is 1. The number of aryl methyl sites for hydroxylation is 2. The number of rotatable bonds is 28. The quantitative estimate of drug-likeness (QED) is 0.0272. The normalized spacial score (nSPS) is 22.2. The van der Waals surface area contributed by atoms with Crippen LogP contribution in [0.25, 0.3) is 0 Å². The highest BCUT2D eigenvalue weighted by molar-refractivity contribution is 5.98. The summed E-state index contributed by atoms with van der Waals surface area (Å²) < 4.78 is 76.0. The van der Waals surface area contributed by atoms with E-state index in [1.807, 2.05) is 0 Å². The number of carbonyl (C=O) groups excluding carboxylic acids is 9. The Labute approximate surface area is 463 Å². The number of aromatic nitrogens is 3. The molecule has 3 aromatic rings. The van der Waals surface area contributed by atoms with Gasteiger partial charge >= 0.3 is 41.8 Å². The molecule has 29 nitrogen and oxygen atoms in total. The van der Waals surface area contributed by atoms with Gasteiger partial charge in [-0.15, -0.1) is 5.10 Å². The van der Waals surface area contributed by atoms with Crippen LogP contribution < -0.4 is 10.1 Å². The van der Waals surface area contributed by atoms with Gasteiger partial charge in [0.1, 0.15) is 49.6 Å². The van der Waals surface area contributed by atoms with E-state index in [1.54, 1.807) is 38.1 Å². The molecule has 10 atom stereocenters. The lowest BCUT2D eigenvalue weighted by Crippen LogP contribution is -2.67. The van der Waals surface area contributed by atoms with Crippen molar-refractivity contribution in [3.05, 3.63) is 80.7 Å². The van der Waals surface area contributed by atoms with Crippen molar-refractivity contribution in [3.63, 3.8) is 0 Å². The van der Waals surface area contributed by atoms with Crippen molar-refractivity contribution in [2.45, 2.75) is 156 Å². The van der Waals surface area contributed by atoms with Crippen LogP contribution in [0.3, 0.4) is 0 Å². The van der Waals surface area contributed by atoms with Crippen LogP contribution in [0.4, 0.5) is 5.69 Å². The van der Waals surface area contributed by atoms with Crippen LogP contribution in [0.15, 0.2) is 42.6 Å². The van der Waals surface area contributed by atoms with E-state index in [9.17, 15) is 53.3 Å². The first kappa shape index (κ1) is 63.8. The zero-order chi connectivity index (χ0) is 59.5. The molecule has 0 bridgehead atoms. The van der Waals surface area contributed by atoms with Gasteiger partial charge < -0.3 is 66.9 Å². The molecule has 2 aromatic carbocycles. The predicted molar refractivity (Wildman–Crippen MR) is 269 cm³/mol.